The van der Waals surface area contributed by atoms with Crippen molar-refractivity contribution in [2.75, 3.05) is 13.1 Å². The van der Waals surface area contributed by atoms with Crippen LogP contribution in [0.4, 0.5) is 4.39 Å². The van der Waals surface area contributed by atoms with Gasteiger partial charge in [-0.2, -0.15) is 0 Å². The summed E-state index contributed by atoms with van der Waals surface area (Å²) >= 11 is 0. The Balaban J connectivity index is 1.68. The quantitative estimate of drug-likeness (QED) is 0.786. The van der Waals surface area contributed by atoms with Crippen LogP contribution < -0.4 is 5.73 Å². The number of nitrogens with two attached hydrogens (primary N) is 1. The third-order valence-electron chi connectivity index (χ3n) is 4.59. The molecule has 0 radical (unpaired) electrons. The molecule has 0 spiro atoms. The molecule has 0 saturated heterocycles. The predicted molar refractivity (Wildman–Crippen MR) is 85.6 cm³/mol. The SMILES string of the molecule is NC/C(CCCC1CC1)=C(/F)CN1C(=O)c2ccccc2C1=O. The highest BCUT2D eigenvalue weighted by Gasteiger charge is 2.35. The maximum atomic E-state index is 14.5. The summed E-state index contributed by atoms with van der Waals surface area (Å²) in [5, 5.41) is 0. The minimum absolute atomic E-state index is 0.125. The zero-order valence-corrected chi connectivity index (χ0v) is 13.1. The third kappa shape index (κ3) is 3.34. The molecule has 3 rings (SSSR count). The number of rotatable bonds is 7. The lowest BCUT2D eigenvalue weighted by atomic mass is 10.1. The number of imide groups is 1. The number of amides is 2. The van der Waals surface area contributed by atoms with Gasteiger partial charge in [0.15, 0.2) is 0 Å². The number of carbonyl (C=O) groups excluding carboxylic acids is 2. The number of fused-ring (bicyclic) bond motifs is 1. The fourth-order valence-corrected chi connectivity index (χ4v) is 2.99. The van der Waals surface area contributed by atoms with Gasteiger partial charge in [0, 0.05) is 6.54 Å². The average molecular weight is 316 g/mol. The van der Waals surface area contributed by atoms with Crippen LogP contribution in [0.15, 0.2) is 35.7 Å². The second-order valence-corrected chi connectivity index (χ2v) is 6.29. The normalized spacial score (nSPS) is 18.3. The number of hydrogen-bond acceptors (Lipinski definition) is 3. The van der Waals surface area contributed by atoms with E-state index in [2.05, 4.69) is 0 Å². The van der Waals surface area contributed by atoms with Gasteiger partial charge in [-0.1, -0.05) is 31.4 Å². The molecule has 2 N–H and O–H groups in total. The van der Waals surface area contributed by atoms with Crippen molar-refractivity contribution in [2.45, 2.75) is 32.1 Å². The lowest BCUT2D eigenvalue weighted by Crippen LogP contribution is -2.31. The number of carbonyl (C=O) groups is 2. The molecule has 0 unspecified atom stereocenters. The van der Waals surface area contributed by atoms with Gasteiger partial charge in [0.2, 0.25) is 0 Å². The molecule has 2 aliphatic rings. The van der Waals surface area contributed by atoms with Gasteiger partial charge in [-0.25, -0.2) is 4.39 Å². The topological polar surface area (TPSA) is 63.4 Å². The smallest absolute Gasteiger partial charge is 0.261 e. The molecule has 2 amide bonds. The molecule has 5 heteroatoms. The number of benzene rings is 1. The fraction of sp³-hybridized carbons (Fsp3) is 0.444. The number of halogens is 1. The summed E-state index contributed by atoms with van der Waals surface area (Å²) in [6, 6.07) is 6.58. The van der Waals surface area contributed by atoms with Crippen molar-refractivity contribution in [1.29, 1.82) is 0 Å². The van der Waals surface area contributed by atoms with Gasteiger partial charge < -0.3 is 5.73 Å². The van der Waals surface area contributed by atoms with Crippen LogP contribution in [0.1, 0.15) is 52.8 Å². The Morgan fingerprint density at radius 1 is 1.17 bits per heavy atom. The van der Waals surface area contributed by atoms with E-state index in [-0.39, 0.29) is 13.1 Å². The van der Waals surface area contributed by atoms with Crippen LogP contribution in [0.25, 0.3) is 0 Å². The van der Waals surface area contributed by atoms with Gasteiger partial charge in [0.05, 0.1) is 17.7 Å². The second-order valence-electron chi connectivity index (χ2n) is 6.29. The van der Waals surface area contributed by atoms with E-state index in [1.807, 2.05) is 0 Å². The summed E-state index contributed by atoms with van der Waals surface area (Å²) in [4.78, 5) is 25.5. The van der Waals surface area contributed by atoms with E-state index in [0.29, 0.717) is 23.1 Å². The van der Waals surface area contributed by atoms with Crippen molar-refractivity contribution < 1.29 is 14.0 Å². The Morgan fingerprint density at radius 2 is 1.78 bits per heavy atom. The largest absolute Gasteiger partial charge is 0.327 e. The molecule has 1 aliphatic carbocycles. The first kappa shape index (κ1) is 15.9. The maximum absolute atomic E-state index is 14.5. The van der Waals surface area contributed by atoms with Crippen molar-refractivity contribution >= 4 is 11.8 Å². The summed E-state index contributed by atoms with van der Waals surface area (Å²) in [5.41, 5.74) is 6.85. The Hall–Kier alpha value is -2.01. The van der Waals surface area contributed by atoms with Crippen molar-refractivity contribution in [3.63, 3.8) is 0 Å². The summed E-state index contributed by atoms with van der Waals surface area (Å²) in [6.45, 7) is -0.192. The molecule has 1 saturated carbocycles. The van der Waals surface area contributed by atoms with Gasteiger partial charge in [0.1, 0.15) is 5.83 Å². The van der Waals surface area contributed by atoms with Crippen LogP contribution in [0.5, 0.6) is 0 Å². The van der Waals surface area contributed by atoms with Crippen LogP contribution in [0.3, 0.4) is 0 Å². The van der Waals surface area contributed by atoms with E-state index in [1.54, 1.807) is 24.3 Å². The van der Waals surface area contributed by atoms with Crippen molar-refractivity contribution in [1.82, 2.24) is 4.90 Å². The molecule has 1 aliphatic heterocycles. The van der Waals surface area contributed by atoms with Crippen LogP contribution in [-0.2, 0) is 0 Å². The van der Waals surface area contributed by atoms with E-state index in [9.17, 15) is 14.0 Å². The van der Waals surface area contributed by atoms with Crippen molar-refractivity contribution in [3.8, 4) is 0 Å². The highest BCUT2D eigenvalue weighted by Crippen LogP contribution is 2.34. The summed E-state index contributed by atoms with van der Waals surface area (Å²) in [7, 11) is 0. The minimum Gasteiger partial charge on any atom is -0.327 e. The van der Waals surface area contributed by atoms with Crippen LogP contribution in [0.2, 0.25) is 0 Å². The molecule has 1 fully saturated rings. The van der Waals surface area contributed by atoms with E-state index in [4.69, 9.17) is 5.73 Å². The van der Waals surface area contributed by atoms with Gasteiger partial charge in [0.25, 0.3) is 11.8 Å². The lowest BCUT2D eigenvalue weighted by molar-refractivity contribution is 0.0659. The monoisotopic (exact) mass is 316 g/mol. The zero-order chi connectivity index (χ0) is 16.4. The van der Waals surface area contributed by atoms with Gasteiger partial charge in [-0.05, 0) is 36.5 Å². The van der Waals surface area contributed by atoms with E-state index < -0.39 is 17.6 Å². The van der Waals surface area contributed by atoms with Gasteiger partial charge in [-0.3, -0.25) is 14.5 Å². The first-order valence-corrected chi connectivity index (χ1v) is 8.13. The summed E-state index contributed by atoms with van der Waals surface area (Å²) < 4.78 is 14.5. The average Bonchev–Trinajstić information content (AvgIpc) is 3.36. The minimum atomic E-state index is -0.446. The van der Waals surface area contributed by atoms with Crippen molar-refractivity contribution in [2.24, 2.45) is 11.7 Å². The summed E-state index contributed by atoms with van der Waals surface area (Å²) in [5.74, 6) is -0.517. The maximum Gasteiger partial charge on any atom is 0.261 e. The first-order chi connectivity index (χ1) is 11.1. The molecule has 1 aromatic rings. The highest BCUT2D eigenvalue weighted by atomic mass is 19.1. The predicted octanol–water partition coefficient (Wildman–Crippen LogP) is 3.05. The Morgan fingerprint density at radius 3 is 2.30 bits per heavy atom. The Bertz CT molecular complexity index is 630. The molecule has 1 heterocycles. The third-order valence-corrected chi connectivity index (χ3v) is 4.59. The van der Waals surface area contributed by atoms with Crippen LogP contribution >= 0.6 is 0 Å². The molecular formula is C18H21FN2O2. The number of hydrogen-bond donors (Lipinski definition) is 1. The van der Waals surface area contributed by atoms with Crippen molar-refractivity contribution in [3.05, 3.63) is 46.8 Å². The van der Waals surface area contributed by atoms with Gasteiger partial charge >= 0.3 is 0 Å². The second kappa shape index (κ2) is 6.62. The summed E-state index contributed by atoms with van der Waals surface area (Å²) in [6.07, 6.45) is 5.16. The molecule has 23 heavy (non-hydrogen) atoms. The molecule has 0 atom stereocenters. The number of nitrogens with zero attached hydrogens (tertiary/aromatic N) is 1. The zero-order valence-electron chi connectivity index (χ0n) is 13.1. The van der Waals surface area contributed by atoms with Crippen LogP contribution in [-0.4, -0.2) is 29.8 Å². The van der Waals surface area contributed by atoms with Crippen LogP contribution in [0, 0.1) is 5.92 Å². The highest BCUT2D eigenvalue weighted by molar-refractivity contribution is 6.21. The van der Waals surface area contributed by atoms with Gasteiger partial charge in [-0.15, -0.1) is 0 Å². The van der Waals surface area contributed by atoms with E-state index in [0.717, 1.165) is 23.7 Å². The van der Waals surface area contributed by atoms with E-state index in [1.165, 1.54) is 12.8 Å². The fourth-order valence-electron chi connectivity index (χ4n) is 2.99. The molecule has 4 nitrogen and oxygen atoms in total. The Labute approximate surface area is 135 Å². The molecule has 122 valence electrons. The molecule has 0 aromatic heterocycles. The standard InChI is InChI=1S/C18H21FN2O2/c19-16(13(10-20)5-3-4-12-8-9-12)11-21-17(22)14-6-1-2-7-15(14)18(21)23/h1-2,6-7,12H,3-5,8-11,20H2/b16-13+. The molecule has 1 aromatic carbocycles. The molecule has 0 bridgehead atoms. The lowest BCUT2D eigenvalue weighted by Gasteiger charge is -2.15. The molecular weight excluding hydrogens is 295 g/mol. The van der Waals surface area contributed by atoms with E-state index >= 15 is 0 Å². The first-order valence-electron chi connectivity index (χ1n) is 8.13. The Kier molecular flexibility index (Phi) is 4.57.